The van der Waals surface area contributed by atoms with Gasteiger partial charge in [0.25, 0.3) is 0 Å². The van der Waals surface area contributed by atoms with E-state index < -0.39 is 10.0 Å². The van der Waals surface area contributed by atoms with Gasteiger partial charge in [0.1, 0.15) is 10.6 Å². The summed E-state index contributed by atoms with van der Waals surface area (Å²) in [5.41, 5.74) is 1.46. The van der Waals surface area contributed by atoms with Crippen LogP contribution in [0.25, 0.3) is 0 Å². The molecule has 0 atom stereocenters. The molecule has 0 saturated carbocycles. The Hall–Kier alpha value is -2.26. The molecule has 1 aliphatic heterocycles. The van der Waals surface area contributed by atoms with Crippen LogP contribution in [0.4, 0.5) is 0 Å². The predicted octanol–water partition coefficient (Wildman–Crippen LogP) is 2.26. The van der Waals surface area contributed by atoms with Gasteiger partial charge in [0.2, 0.25) is 10.0 Å². The molecule has 0 aliphatic carbocycles. The van der Waals surface area contributed by atoms with Gasteiger partial charge >= 0.3 is 5.97 Å². The second kappa shape index (κ2) is 8.83. The lowest BCUT2D eigenvalue weighted by molar-refractivity contribution is -0.149. The van der Waals surface area contributed by atoms with Gasteiger partial charge < -0.3 is 9.26 Å². The summed E-state index contributed by atoms with van der Waals surface area (Å²) in [4.78, 5) is 16.5. The average molecular weight is 407 g/mol. The second-order valence-electron chi connectivity index (χ2n) is 6.96. The van der Waals surface area contributed by atoms with Crippen LogP contribution < -0.4 is 0 Å². The number of aromatic nitrogens is 2. The van der Waals surface area contributed by atoms with E-state index in [0.717, 1.165) is 18.4 Å². The van der Waals surface area contributed by atoms with Gasteiger partial charge in [-0.1, -0.05) is 11.2 Å². The Morgan fingerprint density at radius 3 is 2.68 bits per heavy atom. The highest BCUT2D eigenvalue weighted by molar-refractivity contribution is 7.89. The summed E-state index contributed by atoms with van der Waals surface area (Å²) in [6.45, 7) is 4.11. The molecular weight excluding hydrogens is 382 g/mol. The Bertz CT molecular complexity index is 883. The van der Waals surface area contributed by atoms with Gasteiger partial charge in [0.05, 0.1) is 12.5 Å². The molecule has 9 heteroatoms. The molecule has 0 N–H and O–H groups in total. The zero-order valence-corrected chi connectivity index (χ0v) is 16.9. The first-order valence-corrected chi connectivity index (χ1v) is 10.8. The largest absolute Gasteiger partial charge is 0.465 e. The van der Waals surface area contributed by atoms with Gasteiger partial charge in [0, 0.05) is 25.5 Å². The normalized spacial score (nSPS) is 16.2. The number of rotatable bonds is 7. The average Bonchev–Trinajstić information content (AvgIpc) is 3.05. The number of hydrogen-bond acceptors (Lipinski definition) is 7. The van der Waals surface area contributed by atoms with Crippen molar-refractivity contribution >= 4 is 16.0 Å². The highest BCUT2D eigenvalue weighted by atomic mass is 32.2. The van der Waals surface area contributed by atoms with Crippen LogP contribution in [0.5, 0.6) is 0 Å². The van der Waals surface area contributed by atoms with Crippen molar-refractivity contribution in [2.45, 2.75) is 44.4 Å². The summed E-state index contributed by atoms with van der Waals surface area (Å²) >= 11 is 0. The number of aryl methyl sites for hydroxylation is 3. The summed E-state index contributed by atoms with van der Waals surface area (Å²) in [7, 11) is -3.66. The number of ether oxygens (including phenoxy) is 1. The molecule has 0 amide bonds. The number of hydrogen-bond donors (Lipinski definition) is 0. The van der Waals surface area contributed by atoms with Crippen LogP contribution >= 0.6 is 0 Å². The molecule has 1 saturated heterocycles. The minimum Gasteiger partial charge on any atom is -0.465 e. The van der Waals surface area contributed by atoms with Crippen molar-refractivity contribution in [1.29, 1.82) is 0 Å². The predicted molar refractivity (Wildman–Crippen MR) is 101 cm³/mol. The van der Waals surface area contributed by atoms with Crippen molar-refractivity contribution in [1.82, 2.24) is 14.4 Å². The maximum Gasteiger partial charge on any atom is 0.309 e. The minimum absolute atomic E-state index is 0.129. The highest BCUT2D eigenvalue weighted by Crippen LogP contribution is 2.28. The Kier molecular flexibility index (Phi) is 6.46. The number of esters is 1. The van der Waals surface area contributed by atoms with Gasteiger partial charge in [-0.3, -0.25) is 9.78 Å². The van der Waals surface area contributed by atoms with Crippen molar-refractivity contribution in [3.63, 3.8) is 0 Å². The van der Waals surface area contributed by atoms with Crippen LogP contribution in [-0.2, 0) is 26.0 Å². The summed E-state index contributed by atoms with van der Waals surface area (Å²) in [6.07, 6.45) is 5.96. The summed E-state index contributed by atoms with van der Waals surface area (Å²) in [6, 6.07) is 3.87. The Morgan fingerprint density at radius 2 is 2.07 bits per heavy atom. The fourth-order valence-corrected chi connectivity index (χ4v) is 5.18. The van der Waals surface area contributed by atoms with E-state index >= 15 is 0 Å². The quantitative estimate of drug-likeness (QED) is 0.512. The fraction of sp³-hybridized carbons (Fsp3) is 0.526. The zero-order chi connectivity index (χ0) is 20.1. The second-order valence-corrected chi connectivity index (χ2v) is 8.84. The van der Waals surface area contributed by atoms with Crippen LogP contribution in [0.15, 0.2) is 33.9 Å². The van der Waals surface area contributed by atoms with Crippen LogP contribution in [0, 0.1) is 19.8 Å². The molecule has 3 heterocycles. The van der Waals surface area contributed by atoms with Crippen LogP contribution in [0.2, 0.25) is 0 Å². The van der Waals surface area contributed by atoms with E-state index in [1.54, 1.807) is 26.2 Å². The lowest BCUT2D eigenvalue weighted by atomic mass is 9.98. The number of sulfonamides is 1. The van der Waals surface area contributed by atoms with E-state index in [4.69, 9.17) is 9.26 Å². The van der Waals surface area contributed by atoms with Crippen LogP contribution in [0.1, 0.15) is 36.3 Å². The number of carbonyl (C=O) groups is 1. The van der Waals surface area contributed by atoms with E-state index in [0.29, 0.717) is 25.1 Å². The van der Waals surface area contributed by atoms with Gasteiger partial charge in [-0.15, -0.1) is 0 Å². The molecule has 0 aromatic carbocycles. The first-order valence-electron chi connectivity index (χ1n) is 9.38. The van der Waals surface area contributed by atoms with Crippen molar-refractivity contribution in [2.75, 3.05) is 19.7 Å². The molecule has 8 nitrogen and oxygen atoms in total. The highest BCUT2D eigenvalue weighted by Gasteiger charge is 2.35. The smallest absolute Gasteiger partial charge is 0.309 e. The standard InChI is InChI=1S/C19H25N3O5S/c1-14-18(15(2)27-21-14)28(24,25)22-10-7-17(8-11-22)19(23)26-12-4-6-16-5-3-9-20-13-16/h3,5,9,13,17H,4,6-8,10-12H2,1-2H3. The van der Waals surface area contributed by atoms with E-state index in [2.05, 4.69) is 10.1 Å². The molecule has 0 unspecified atom stereocenters. The van der Waals surface area contributed by atoms with Crippen LogP contribution in [0.3, 0.4) is 0 Å². The molecule has 1 fully saturated rings. The minimum atomic E-state index is -3.66. The zero-order valence-electron chi connectivity index (χ0n) is 16.1. The van der Waals surface area contributed by atoms with Gasteiger partial charge in [-0.2, -0.15) is 4.31 Å². The van der Waals surface area contributed by atoms with Gasteiger partial charge in [0.15, 0.2) is 5.76 Å². The molecule has 2 aromatic heterocycles. The maximum atomic E-state index is 12.8. The number of piperidine rings is 1. The molecule has 0 spiro atoms. The molecule has 3 rings (SSSR count). The Balaban J connectivity index is 1.46. The summed E-state index contributed by atoms with van der Waals surface area (Å²) < 4.78 is 37.4. The number of carbonyl (C=O) groups excluding carboxylic acids is 1. The van der Waals surface area contributed by atoms with Crippen molar-refractivity contribution < 1.29 is 22.5 Å². The Morgan fingerprint density at radius 1 is 1.32 bits per heavy atom. The molecule has 2 aromatic rings. The lowest BCUT2D eigenvalue weighted by Gasteiger charge is -2.30. The molecule has 152 valence electrons. The third-order valence-corrected chi connectivity index (χ3v) is 7.07. The van der Waals surface area contributed by atoms with E-state index in [1.807, 2.05) is 12.1 Å². The van der Waals surface area contributed by atoms with Crippen molar-refractivity contribution in [2.24, 2.45) is 5.92 Å². The third kappa shape index (κ3) is 4.59. The topological polar surface area (TPSA) is 103 Å². The first kappa shape index (κ1) is 20.5. The van der Waals surface area contributed by atoms with Crippen molar-refractivity contribution in [3.05, 3.63) is 41.5 Å². The van der Waals surface area contributed by atoms with E-state index in [9.17, 15) is 13.2 Å². The molecule has 1 aliphatic rings. The number of pyridine rings is 1. The van der Waals surface area contributed by atoms with E-state index in [1.165, 1.54) is 4.31 Å². The molecule has 0 radical (unpaired) electrons. The molecular formula is C19H25N3O5S. The fourth-order valence-electron chi connectivity index (χ4n) is 3.42. The third-order valence-electron chi connectivity index (χ3n) is 4.93. The first-order chi connectivity index (χ1) is 13.4. The van der Waals surface area contributed by atoms with Crippen molar-refractivity contribution in [3.8, 4) is 0 Å². The van der Waals surface area contributed by atoms with Gasteiger partial charge in [-0.05, 0) is 51.2 Å². The monoisotopic (exact) mass is 407 g/mol. The lowest BCUT2D eigenvalue weighted by Crippen LogP contribution is -2.40. The number of nitrogens with zero attached hydrogens (tertiary/aromatic N) is 3. The molecule has 28 heavy (non-hydrogen) atoms. The van der Waals surface area contributed by atoms with E-state index in [-0.39, 0.29) is 35.6 Å². The Labute approximate surface area is 164 Å². The SMILES string of the molecule is Cc1noc(C)c1S(=O)(=O)N1CCC(C(=O)OCCCc2cccnc2)CC1. The maximum absolute atomic E-state index is 12.8. The summed E-state index contributed by atoms with van der Waals surface area (Å²) in [5.74, 6) is -0.234. The van der Waals surface area contributed by atoms with Gasteiger partial charge in [-0.25, -0.2) is 8.42 Å². The molecule has 0 bridgehead atoms. The van der Waals surface area contributed by atoms with Crippen LogP contribution in [-0.4, -0.2) is 48.5 Å². The summed E-state index contributed by atoms with van der Waals surface area (Å²) in [5, 5.41) is 3.73.